The first kappa shape index (κ1) is 10.2. The van der Waals surface area contributed by atoms with Crippen molar-refractivity contribution in [1.29, 1.82) is 0 Å². The molecule has 2 nitrogen and oxygen atoms in total. The third kappa shape index (κ3) is 2.36. The lowest BCUT2D eigenvalue weighted by molar-refractivity contribution is 0.213. The lowest BCUT2D eigenvalue weighted by atomic mass is 10.3. The number of hydrogen-bond acceptors (Lipinski definition) is 2. The molecule has 0 bridgehead atoms. The number of nitrogens with one attached hydrogen (secondary N) is 1. The van der Waals surface area contributed by atoms with E-state index in [0.717, 1.165) is 23.1 Å². The Kier molecular flexibility index (Phi) is 3.22. The lowest BCUT2D eigenvalue weighted by Crippen LogP contribution is -2.20. The molecule has 76 valence electrons. The lowest BCUT2D eigenvalue weighted by Gasteiger charge is -2.12. The molecule has 0 aliphatic carbocycles. The van der Waals surface area contributed by atoms with Gasteiger partial charge in [0.25, 0.3) is 0 Å². The Morgan fingerprint density at radius 1 is 1.50 bits per heavy atom. The molecule has 1 aliphatic rings. The molecule has 2 rings (SSSR count). The summed E-state index contributed by atoms with van der Waals surface area (Å²) in [4.78, 5) is 0. The summed E-state index contributed by atoms with van der Waals surface area (Å²) in [5.41, 5.74) is 0. The zero-order chi connectivity index (χ0) is 9.97. The van der Waals surface area contributed by atoms with E-state index in [-0.39, 0.29) is 11.9 Å². The van der Waals surface area contributed by atoms with E-state index >= 15 is 0 Å². The second kappa shape index (κ2) is 4.44. The summed E-state index contributed by atoms with van der Waals surface area (Å²) in [6.07, 6.45) is 1.07. The van der Waals surface area contributed by atoms with Gasteiger partial charge in [-0.2, -0.15) is 0 Å². The maximum atomic E-state index is 13.4. The fourth-order valence-corrected chi connectivity index (χ4v) is 1.93. The molecule has 0 amide bonds. The van der Waals surface area contributed by atoms with Crippen LogP contribution in [0.3, 0.4) is 0 Å². The van der Waals surface area contributed by atoms with Crippen LogP contribution >= 0.6 is 22.6 Å². The smallest absolute Gasteiger partial charge is 0.166 e. The van der Waals surface area contributed by atoms with Crippen LogP contribution in [0.25, 0.3) is 0 Å². The van der Waals surface area contributed by atoms with Crippen molar-refractivity contribution in [3.63, 3.8) is 0 Å². The van der Waals surface area contributed by atoms with Crippen LogP contribution in [-0.2, 0) is 0 Å². The highest BCUT2D eigenvalue weighted by Gasteiger charge is 2.17. The summed E-state index contributed by atoms with van der Waals surface area (Å²) in [5, 5.41) is 3.17. The molecule has 1 aromatic rings. The zero-order valence-electron chi connectivity index (χ0n) is 7.59. The summed E-state index contributed by atoms with van der Waals surface area (Å²) in [5.74, 6) is 0.0860. The fourth-order valence-electron chi connectivity index (χ4n) is 1.48. The van der Waals surface area contributed by atoms with Gasteiger partial charge in [0, 0.05) is 10.1 Å². The van der Waals surface area contributed by atoms with Crippen LogP contribution in [0.4, 0.5) is 4.39 Å². The molecule has 1 N–H and O–H groups in total. The monoisotopic (exact) mass is 307 g/mol. The molecule has 1 aliphatic heterocycles. The predicted octanol–water partition coefficient (Wildman–Crippen LogP) is 2.17. The average Bonchev–Trinajstić information content (AvgIpc) is 2.62. The van der Waals surface area contributed by atoms with E-state index in [1.165, 1.54) is 6.07 Å². The molecule has 0 saturated carbocycles. The summed E-state index contributed by atoms with van der Waals surface area (Å²) in [7, 11) is 0. The number of ether oxygens (including phenoxy) is 1. The largest absolute Gasteiger partial charge is 0.486 e. The van der Waals surface area contributed by atoms with E-state index in [1.54, 1.807) is 6.07 Å². The molecule has 0 radical (unpaired) electrons. The van der Waals surface area contributed by atoms with Gasteiger partial charge in [0.2, 0.25) is 0 Å². The Morgan fingerprint density at radius 3 is 3.00 bits per heavy atom. The third-order valence-corrected chi connectivity index (χ3v) is 2.87. The van der Waals surface area contributed by atoms with Crippen LogP contribution in [0.15, 0.2) is 18.2 Å². The normalized spacial score (nSPS) is 21.1. The second-order valence-corrected chi connectivity index (χ2v) is 4.55. The molecule has 1 heterocycles. The van der Waals surface area contributed by atoms with Gasteiger partial charge in [-0.25, -0.2) is 4.39 Å². The molecule has 1 aromatic carbocycles. The van der Waals surface area contributed by atoms with Crippen LogP contribution in [0.2, 0.25) is 0 Å². The number of halogens is 2. The van der Waals surface area contributed by atoms with Crippen LogP contribution in [-0.4, -0.2) is 19.2 Å². The van der Waals surface area contributed by atoms with Gasteiger partial charge in [-0.05, 0) is 53.8 Å². The Hall–Kier alpha value is -0.360. The Balaban J connectivity index is 2.08. The summed E-state index contributed by atoms with van der Waals surface area (Å²) in [6, 6.07) is 5.02. The van der Waals surface area contributed by atoms with Gasteiger partial charge in [-0.15, -0.1) is 0 Å². The summed E-state index contributed by atoms with van der Waals surface area (Å²) >= 11 is 2.08. The number of rotatable bonds is 2. The Bertz CT molecular complexity index is 326. The molecule has 1 fully saturated rings. The van der Waals surface area contributed by atoms with E-state index in [9.17, 15) is 4.39 Å². The van der Waals surface area contributed by atoms with E-state index in [2.05, 4.69) is 27.9 Å². The quantitative estimate of drug-likeness (QED) is 0.846. The van der Waals surface area contributed by atoms with Crippen LogP contribution in [0.1, 0.15) is 6.42 Å². The van der Waals surface area contributed by atoms with Crippen molar-refractivity contribution in [2.24, 2.45) is 0 Å². The summed E-state index contributed by atoms with van der Waals surface area (Å²) in [6.45, 7) is 1.77. The van der Waals surface area contributed by atoms with E-state index < -0.39 is 0 Å². The van der Waals surface area contributed by atoms with Crippen molar-refractivity contribution in [3.05, 3.63) is 27.6 Å². The van der Waals surface area contributed by atoms with Crippen molar-refractivity contribution in [3.8, 4) is 5.75 Å². The number of benzene rings is 1. The molecule has 4 heteroatoms. The first-order valence-corrected chi connectivity index (χ1v) is 5.66. The van der Waals surface area contributed by atoms with Crippen LogP contribution < -0.4 is 10.1 Å². The highest BCUT2D eigenvalue weighted by Crippen LogP contribution is 2.21. The Morgan fingerprint density at radius 2 is 2.36 bits per heavy atom. The minimum absolute atomic E-state index is 0.115. The molecule has 1 unspecified atom stereocenters. The van der Waals surface area contributed by atoms with Crippen molar-refractivity contribution in [1.82, 2.24) is 5.32 Å². The van der Waals surface area contributed by atoms with Gasteiger partial charge < -0.3 is 10.1 Å². The third-order valence-electron chi connectivity index (χ3n) is 2.20. The van der Waals surface area contributed by atoms with E-state index in [4.69, 9.17) is 4.74 Å². The molecule has 1 atom stereocenters. The van der Waals surface area contributed by atoms with E-state index in [0.29, 0.717) is 5.75 Å². The van der Waals surface area contributed by atoms with Crippen molar-refractivity contribution < 1.29 is 9.13 Å². The SMILES string of the molecule is Fc1cc(I)ccc1OC1CCNC1. The molecule has 14 heavy (non-hydrogen) atoms. The maximum absolute atomic E-state index is 13.4. The molecule has 0 aromatic heterocycles. The minimum atomic E-state index is -0.274. The van der Waals surface area contributed by atoms with Crippen molar-refractivity contribution in [2.45, 2.75) is 12.5 Å². The first-order valence-electron chi connectivity index (χ1n) is 4.58. The maximum Gasteiger partial charge on any atom is 0.166 e. The summed E-state index contributed by atoms with van der Waals surface area (Å²) < 4.78 is 19.8. The topological polar surface area (TPSA) is 21.3 Å². The highest BCUT2D eigenvalue weighted by atomic mass is 127. The van der Waals surface area contributed by atoms with Gasteiger partial charge in [0.15, 0.2) is 11.6 Å². The van der Waals surface area contributed by atoms with Crippen LogP contribution in [0, 0.1) is 9.39 Å². The van der Waals surface area contributed by atoms with Crippen molar-refractivity contribution >= 4 is 22.6 Å². The standard InChI is InChI=1S/C10H11FINO/c11-9-5-7(12)1-2-10(9)14-8-3-4-13-6-8/h1-2,5,8,13H,3-4,6H2. The second-order valence-electron chi connectivity index (χ2n) is 3.31. The predicted molar refractivity (Wildman–Crippen MR) is 61.0 cm³/mol. The highest BCUT2D eigenvalue weighted by molar-refractivity contribution is 14.1. The van der Waals surface area contributed by atoms with Gasteiger partial charge in [0.1, 0.15) is 6.10 Å². The van der Waals surface area contributed by atoms with Gasteiger partial charge in [-0.1, -0.05) is 0 Å². The van der Waals surface area contributed by atoms with Gasteiger partial charge in [0.05, 0.1) is 0 Å². The van der Waals surface area contributed by atoms with Gasteiger partial charge in [-0.3, -0.25) is 0 Å². The zero-order valence-corrected chi connectivity index (χ0v) is 9.75. The van der Waals surface area contributed by atoms with Gasteiger partial charge >= 0.3 is 0 Å². The molecular formula is C10H11FINO. The van der Waals surface area contributed by atoms with E-state index in [1.807, 2.05) is 6.07 Å². The molecule has 1 saturated heterocycles. The average molecular weight is 307 g/mol. The number of hydrogen-bond donors (Lipinski definition) is 1. The molecular weight excluding hydrogens is 296 g/mol. The fraction of sp³-hybridized carbons (Fsp3) is 0.400. The van der Waals surface area contributed by atoms with Crippen LogP contribution in [0.5, 0.6) is 5.75 Å². The Labute approximate surface area is 96.0 Å². The first-order chi connectivity index (χ1) is 6.75. The minimum Gasteiger partial charge on any atom is -0.486 e. The molecule has 0 spiro atoms. The van der Waals surface area contributed by atoms with Crippen molar-refractivity contribution in [2.75, 3.05) is 13.1 Å².